The molecule has 2 aliphatic heterocycles. The second-order valence-electron chi connectivity index (χ2n) is 7.09. The van der Waals surface area contributed by atoms with Crippen molar-refractivity contribution >= 4 is 23.6 Å². The molecular weight excluding hydrogens is 370 g/mol. The molecule has 27 heavy (non-hydrogen) atoms. The maximum atomic E-state index is 12.7. The quantitative estimate of drug-likeness (QED) is 0.526. The van der Waals surface area contributed by atoms with E-state index in [9.17, 15) is 14.7 Å². The van der Waals surface area contributed by atoms with E-state index in [1.54, 1.807) is 28.8 Å². The van der Waals surface area contributed by atoms with Crippen molar-refractivity contribution in [3.05, 3.63) is 35.7 Å². The predicted molar refractivity (Wildman–Crippen MR) is 96.2 cm³/mol. The van der Waals surface area contributed by atoms with Gasteiger partial charge >= 0.3 is 0 Å². The Labute approximate surface area is 158 Å². The number of aromatic hydroxyl groups is 1. The number of fused-ring (bicyclic) bond motifs is 1. The molecule has 2 amide bonds. The van der Waals surface area contributed by atoms with Crippen molar-refractivity contribution in [3.8, 4) is 5.75 Å². The average Bonchev–Trinajstić information content (AvgIpc) is 3.23. The number of β-lactam (4-membered cyclic amide) rings is 1. The molecule has 0 bridgehead atoms. The van der Waals surface area contributed by atoms with Gasteiger partial charge in [0.1, 0.15) is 29.2 Å². The van der Waals surface area contributed by atoms with Crippen molar-refractivity contribution in [3.63, 3.8) is 0 Å². The highest BCUT2D eigenvalue weighted by atomic mass is 32.2. The largest absolute Gasteiger partial charge is 0.508 e. The maximum absolute atomic E-state index is 12.7. The van der Waals surface area contributed by atoms with Crippen LogP contribution < -0.4 is 11.1 Å². The van der Waals surface area contributed by atoms with Crippen LogP contribution in [0.2, 0.25) is 0 Å². The average molecular weight is 389 g/mol. The molecule has 0 saturated carbocycles. The van der Waals surface area contributed by atoms with Gasteiger partial charge in [0, 0.05) is 4.75 Å². The summed E-state index contributed by atoms with van der Waals surface area (Å²) in [5, 5.41) is 25.9. The highest BCUT2D eigenvalue weighted by Crippen LogP contribution is 2.56. The van der Waals surface area contributed by atoms with Crippen molar-refractivity contribution < 1.29 is 14.7 Å². The summed E-state index contributed by atoms with van der Waals surface area (Å²) in [5.41, 5.74) is 6.55. The summed E-state index contributed by atoms with van der Waals surface area (Å²) in [4.78, 5) is 26.9. The Hall–Kier alpha value is -2.66. The molecule has 4 atom stereocenters. The number of carbonyl (C=O) groups excluding carboxylic acids is 2. The van der Waals surface area contributed by atoms with Gasteiger partial charge in [-0.15, -0.1) is 22.0 Å². The molecule has 142 valence electrons. The zero-order valence-electron chi connectivity index (χ0n) is 14.7. The Morgan fingerprint density at radius 1 is 1.41 bits per heavy atom. The van der Waals surface area contributed by atoms with Crippen LogP contribution in [0.1, 0.15) is 37.3 Å². The van der Waals surface area contributed by atoms with Gasteiger partial charge in [0.25, 0.3) is 0 Å². The third-order valence-corrected chi connectivity index (χ3v) is 6.45. The molecule has 4 rings (SSSR count). The summed E-state index contributed by atoms with van der Waals surface area (Å²) >= 11 is 1.58. The molecule has 2 aromatic rings. The summed E-state index contributed by atoms with van der Waals surface area (Å²) < 4.78 is -0.331. The van der Waals surface area contributed by atoms with E-state index >= 15 is 0 Å². The minimum Gasteiger partial charge on any atom is -0.508 e. The third-order valence-electron chi connectivity index (χ3n) is 4.88. The standard InChI is InChI=1S/C16H19N7O3S/c1-16(2)11(12-19-21-22-20-12)23-14(26)10(15(23)27-16)18-13(25)9(17)7-3-5-8(24)6-4-7/h3-6,9-11,15,24H,17H2,1-2H3,(H,18,25)(H,19,20,21,22)/t9?,10?,11?,15-/m1/s1. The Kier molecular flexibility index (Phi) is 4.07. The Morgan fingerprint density at radius 2 is 2.11 bits per heavy atom. The van der Waals surface area contributed by atoms with Crippen LogP contribution in [0.15, 0.2) is 24.3 Å². The number of phenolic OH excluding ortho intramolecular Hbond substituents is 1. The number of hydrogen-bond donors (Lipinski definition) is 4. The minimum absolute atomic E-state index is 0.0910. The fourth-order valence-electron chi connectivity index (χ4n) is 3.53. The molecule has 1 aromatic carbocycles. The lowest BCUT2D eigenvalue weighted by atomic mass is 9.95. The Bertz CT molecular complexity index is 871. The molecule has 3 unspecified atom stereocenters. The summed E-state index contributed by atoms with van der Waals surface area (Å²) in [5.74, 6) is -0.0959. The predicted octanol–water partition coefficient (Wildman–Crippen LogP) is -0.175. The van der Waals surface area contributed by atoms with Crippen LogP contribution in [0.25, 0.3) is 0 Å². The van der Waals surface area contributed by atoms with Crippen molar-refractivity contribution in [1.29, 1.82) is 0 Å². The number of nitrogens with zero attached hydrogens (tertiary/aromatic N) is 4. The number of thioether (sulfide) groups is 1. The molecule has 5 N–H and O–H groups in total. The second kappa shape index (κ2) is 6.20. The van der Waals surface area contributed by atoms with E-state index in [0.29, 0.717) is 11.4 Å². The number of H-pyrrole nitrogens is 1. The number of phenols is 1. The van der Waals surface area contributed by atoms with Crippen LogP contribution >= 0.6 is 11.8 Å². The third kappa shape index (κ3) is 2.82. The van der Waals surface area contributed by atoms with Crippen molar-refractivity contribution in [2.75, 3.05) is 0 Å². The molecule has 11 heteroatoms. The minimum atomic E-state index is -0.931. The van der Waals surface area contributed by atoms with E-state index < -0.39 is 18.0 Å². The number of nitrogens with one attached hydrogen (secondary N) is 2. The fourth-order valence-corrected chi connectivity index (χ4v) is 5.16. The van der Waals surface area contributed by atoms with Gasteiger partial charge in [-0.3, -0.25) is 9.59 Å². The van der Waals surface area contributed by atoms with Crippen LogP contribution in [0.5, 0.6) is 5.75 Å². The van der Waals surface area contributed by atoms with Crippen molar-refractivity contribution in [1.82, 2.24) is 30.8 Å². The number of rotatable bonds is 4. The normalized spacial score (nSPS) is 27.0. The molecule has 2 fully saturated rings. The van der Waals surface area contributed by atoms with Crippen LogP contribution in [-0.2, 0) is 9.59 Å². The number of benzene rings is 1. The number of aromatic amines is 1. The SMILES string of the molecule is CC1(C)S[C@@H]2C(NC(=O)C(N)c3ccc(O)cc3)C(=O)N2C1c1nn[nH]n1. The monoisotopic (exact) mass is 389 g/mol. The van der Waals surface area contributed by atoms with Gasteiger partial charge in [0.05, 0.1) is 0 Å². The number of amides is 2. The van der Waals surface area contributed by atoms with Gasteiger partial charge < -0.3 is 21.1 Å². The smallest absolute Gasteiger partial charge is 0.249 e. The molecule has 0 aliphatic carbocycles. The van der Waals surface area contributed by atoms with Gasteiger partial charge in [-0.05, 0) is 31.5 Å². The molecule has 2 saturated heterocycles. The first kappa shape index (κ1) is 17.7. The summed E-state index contributed by atoms with van der Waals surface area (Å²) in [7, 11) is 0. The number of nitrogens with two attached hydrogens (primary N) is 1. The number of hydrogen-bond acceptors (Lipinski definition) is 8. The van der Waals surface area contributed by atoms with Gasteiger partial charge in [-0.25, -0.2) is 0 Å². The zero-order valence-corrected chi connectivity index (χ0v) is 15.5. The highest BCUT2D eigenvalue weighted by Gasteiger charge is 2.63. The zero-order chi connectivity index (χ0) is 19.3. The first-order valence-corrected chi connectivity index (χ1v) is 9.26. The molecule has 0 spiro atoms. The molecule has 2 aliphatic rings. The highest BCUT2D eigenvalue weighted by molar-refractivity contribution is 8.01. The van der Waals surface area contributed by atoms with Crippen LogP contribution in [-0.4, -0.2) is 58.6 Å². The lowest BCUT2D eigenvalue weighted by molar-refractivity contribution is -0.152. The summed E-state index contributed by atoms with van der Waals surface area (Å²) in [6.07, 6.45) is 0. The summed E-state index contributed by atoms with van der Waals surface area (Å²) in [6.45, 7) is 4.01. The lowest BCUT2D eigenvalue weighted by Gasteiger charge is -2.44. The topological polar surface area (TPSA) is 150 Å². The van der Waals surface area contributed by atoms with Gasteiger partial charge in [-0.2, -0.15) is 5.21 Å². The molecule has 10 nitrogen and oxygen atoms in total. The molecular formula is C16H19N7O3S. The van der Waals surface area contributed by atoms with Gasteiger partial charge in [-0.1, -0.05) is 17.3 Å². The maximum Gasteiger partial charge on any atom is 0.249 e. The van der Waals surface area contributed by atoms with E-state index in [1.165, 1.54) is 12.1 Å². The van der Waals surface area contributed by atoms with Gasteiger partial charge in [0.15, 0.2) is 5.82 Å². The summed E-state index contributed by atoms with van der Waals surface area (Å²) in [6, 6.07) is 4.18. The number of carbonyl (C=O) groups is 2. The lowest BCUT2D eigenvalue weighted by Crippen LogP contribution is -2.68. The van der Waals surface area contributed by atoms with E-state index in [0.717, 1.165) is 0 Å². The number of aromatic nitrogens is 4. The molecule has 1 aromatic heterocycles. The van der Waals surface area contributed by atoms with Crippen LogP contribution in [0.4, 0.5) is 0 Å². The molecule has 0 radical (unpaired) electrons. The van der Waals surface area contributed by atoms with Crippen LogP contribution in [0.3, 0.4) is 0 Å². The van der Waals surface area contributed by atoms with E-state index in [-0.39, 0.29) is 27.8 Å². The number of tetrazole rings is 1. The van der Waals surface area contributed by atoms with Gasteiger partial charge in [0.2, 0.25) is 11.8 Å². The first-order chi connectivity index (χ1) is 12.8. The van der Waals surface area contributed by atoms with E-state index in [2.05, 4.69) is 25.9 Å². The van der Waals surface area contributed by atoms with E-state index in [4.69, 9.17) is 5.73 Å². The van der Waals surface area contributed by atoms with E-state index in [1.807, 2.05) is 13.8 Å². The first-order valence-electron chi connectivity index (χ1n) is 8.38. The second-order valence-corrected chi connectivity index (χ2v) is 8.86. The van der Waals surface area contributed by atoms with Crippen molar-refractivity contribution in [2.24, 2.45) is 5.73 Å². The fraction of sp³-hybridized carbons (Fsp3) is 0.438. The van der Waals surface area contributed by atoms with Crippen LogP contribution in [0, 0.1) is 0 Å². The van der Waals surface area contributed by atoms with Crippen molar-refractivity contribution in [2.45, 2.75) is 42.1 Å². The molecule has 3 heterocycles. The Morgan fingerprint density at radius 3 is 2.74 bits per heavy atom. The Balaban J connectivity index is 1.48.